The van der Waals surface area contributed by atoms with Crippen LogP contribution in [0, 0.1) is 0 Å². The minimum atomic E-state index is -2.58. The van der Waals surface area contributed by atoms with Gasteiger partial charge in [-0.3, -0.25) is 14.3 Å². The van der Waals surface area contributed by atoms with Crippen LogP contribution in [0.25, 0.3) is 0 Å². The van der Waals surface area contributed by atoms with Gasteiger partial charge in [-0.1, -0.05) is 0 Å². The van der Waals surface area contributed by atoms with Crippen LogP contribution in [-0.2, 0) is 16.1 Å². The molecule has 0 saturated carbocycles. The average molecular weight is 261 g/mol. The highest BCUT2D eigenvalue weighted by Crippen LogP contribution is 2.13. The highest BCUT2D eigenvalue weighted by molar-refractivity contribution is 5.69. The molecule has 0 aromatic carbocycles. The Morgan fingerprint density at radius 3 is 2.94 bits per heavy atom. The molecule has 0 aliphatic heterocycles. The summed E-state index contributed by atoms with van der Waals surface area (Å²) in [6, 6.07) is 0. The molecule has 1 aromatic rings. The Morgan fingerprint density at radius 2 is 2.33 bits per heavy atom. The number of ether oxygens (including phenoxy) is 1. The van der Waals surface area contributed by atoms with Gasteiger partial charge >= 0.3 is 12.5 Å². The zero-order valence-corrected chi connectivity index (χ0v) is 10.5. The van der Waals surface area contributed by atoms with E-state index in [1.165, 1.54) is 19.5 Å². The van der Waals surface area contributed by atoms with Gasteiger partial charge in [0, 0.05) is 18.8 Å². The van der Waals surface area contributed by atoms with E-state index in [2.05, 4.69) is 9.72 Å². The molecule has 1 rings (SSSR count). The van der Waals surface area contributed by atoms with E-state index in [0.717, 1.165) is 4.57 Å². The van der Waals surface area contributed by atoms with Gasteiger partial charge in [0.1, 0.15) is 5.82 Å². The van der Waals surface area contributed by atoms with Gasteiger partial charge < -0.3 is 4.74 Å². The van der Waals surface area contributed by atoms with Crippen molar-refractivity contribution in [2.75, 3.05) is 20.7 Å². The van der Waals surface area contributed by atoms with Crippen LogP contribution >= 0.6 is 0 Å². The highest BCUT2D eigenvalue weighted by atomic mass is 19.3. The molecular weight excluding hydrogens is 244 g/mol. The molecule has 0 saturated heterocycles. The minimum absolute atomic E-state index is 0.266. The summed E-state index contributed by atoms with van der Waals surface area (Å²) in [6.45, 7) is -1.64. The summed E-state index contributed by atoms with van der Waals surface area (Å²) in [5.74, 6) is 0.0445. The van der Waals surface area contributed by atoms with Gasteiger partial charge in [-0.05, 0) is 20.0 Å². The van der Waals surface area contributed by atoms with Gasteiger partial charge in [0.15, 0.2) is 0 Å². The summed E-state index contributed by atoms with van der Waals surface area (Å²) in [5.41, 5.74) is 0. The zero-order valence-electron chi connectivity index (χ0n) is 10.5. The van der Waals surface area contributed by atoms with Crippen LogP contribution in [0.3, 0.4) is 0 Å². The van der Waals surface area contributed by atoms with E-state index in [1.54, 1.807) is 7.05 Å². The number of rotatable bonds is 7. The van der Waals surface area contributed by atoms with Gasteiger partial charge in [0.25, 0.3) is 0 Å². The number of esters is 1. The average Bonchev–Trinajstić information content (AvgIpc) is 2.76. The third-order valence-corrected chi connectivity index (χ3v) is 2.52. The second-order valence-corrected chi connectivity index (χ2v) is 3.95. The molecule has 18 heavy (non-hydrogen) atoms. The first-order chi connectivity index (χ1) is 8.54. The predicted octanol–water partition coefficient (Wildman–Crippen LogP) is 1.66. The Labute approximate surface area is 104 Å². The number of halogens is 2. The maximum Gasteiger partial charge on any atom is 0.319 e. The van der Waals surface area contributed by atoms with Crippen molar-refractivity contribution in [2.45, 2.75) is 25.9 Å². The number of methoxy groups -OCH3 is 1. The molecule has 0 spiro atoms. The second kappa shape index (κ2) is 7.05. The van der Waals surface area contributed by atoms with Crippen molar-refractivity contribution in [3.05, 3.63) is 18.2 Å². The summed E-state index contributed by atoms with van der Waals surface area (Å²) >= 11 is 0. The largest absolute Gasteiger partial charge is 0.469 e. The number of carbonyl (C=O) groups excluding carboxylic acids is 1. The molecule has 5 nitrogen and oxygen atoms in total. The molecule has 0 bridgehead atoms. The Morgan fingerprint density at radius 1 is 1.61 bits per heavy atom. The highest BCUT2D eigenvalue weighted by Gasteiger charge is 2.13. The van der Waals surface area contributed by atoms with Crippen molar-refractivity contribution < 1.29 is 18.3 Å². The summed E-state index contributed by atoms with van der Waals surface area (Å²) < 4.78 is 30.5. The van der Waals surface area contributed by atoms with Crippen LogP contribution < -0.4 is 0 Å². The minimum Gasteiger partial charge on any atom is -0.469 e. The molecule has 1 heterocycles. The van der Waals surface area contributed by atoms with E-state index in [9.17, 15) is 13.6 Å². The lowest BCUT2D eigenvalue weighted by Gasteiger charge is -2.16. The Kier molecular flexibility index (Phi) is 5.70. The fourth-order valence-corrected chi connectivity index (χ4v) is 1.56. The van der Waals surface area contributed by atoms with Crippen molar-refractivity contribution in [3.63, 3.8) is 0 Å². The molecular formula is C11H17F2N3O2. The van der Waals surface area contributed by atoms with E-state index in [0.29, 0.717) is 31.8 Å². The van der Waals surface area contributed by atoms with Gasteiger partial charge in [0.2, 0.25) is 0 Å². The standard InChI is InChI=1S/C11H17F2N3O2/c1-15(6-3-4-10(17)18-2)8-9-14-5-7-16(9)11(12)13/h5,7,11H,3-4,6,8H2,1-2H3. The molecule has 0 aliphatic rings. The lowest BCUT2D eigenvalue weighted by Crippen LogP contribution is -2.22. The van der Waals surface area contributed by atoms with E-state index in [4.69, 9.17) is 0 Å². The van der Waals surface area contributed by atoms with Crippen molar-refractivity contribution >= 4 is 5.97 Å². The summed E-state index contributed by atoms with van der Waals surface area (Å²) in [7, 11) is 3.13. The van der Waals surface area contributed by atoms with Crippen molar-refractivity contribution in [2.24, 2.45) is 0 Å². The summed E-state index contributed by atoms with van der Waals surface area (Å²) in [4.78, 5) is 16.6. The lowest BCUT2D eigenvalue weighted by molar-refractivity contribution is -0.140. The molecule has 1 aromatic heterocycles. The van der Waals surface area contributed by atoms with Crippen LogP contribution in [-0.4, -0.2) is 41.1 Å². The van der Waals surface area contributed by atoms with E-state index < -0.39 is 6.55 Å². The molecule has 0 radical (unpaired) electrons. The normalized spacial score (nSPS) is 11.2. The molecule has 0 unspecified atom stereocenters. The third-order valence-electron chi connectivity index (χ3n) is 2.52. The van der Waals surface area contributed by atoms with Gasteiger partial charge in [0.05, 0.1) is 13.7 Å². The molecule has 0 amide bonds. The second-order valence-electron chi connectivity index (χ2n) is 3.95. The topological polar surface area (TPSA) is 47.4 Å². The van der Waals surface area contributed by atoms with E-state index in [1.807, 2.05) is 4.90 Å². The quantitative estimate of drug-likeness (QED) is 0.700. The van der Waals surface area contributed by atoms with Crippen LogP contribution in [0.4, 0.5) is 8.78 Å². The smallest absolute Gasteiger partial charge is 0.319 e. The summed E-state index contributed by atoms with van der Waals surface area (Å²) in [6.07, 6.45) is 3.55. The van der Waals surface area contributed by atoms with Crippen molar-refractivity contribution in [1.29, 1.82) is 0 Å². The number of imidazole rings is 1. The maximum absolute atomic E-state index is 12.6. The van der Waals surface area contributed by atoms with E-state index >= 15 is 0 Å². The van der Waals surface area contributed by atoms with Crippen LogP contribution in [0.5, 0.6) is 0 Å². The Bertz CT molecular complexity index is 382. The molecule has 7 heteroatoms. The fraction of sp³-hybridized carbons (Fsp3) is 0.636. The molecule has 0 aliphatic carbocycles. The Hall–Kier alpha value is -1.50. The first-order valence-electron chi connectivity index (χ1n) is 5.59. The van der Waals surface area contributed by atoms with E-state index in [-0.39, 0.29) is 5.97 Å². The molecule has 0 fully saturated rings. The van der Waals surface area contributed by atoms with Gasteiger partial charge in [-0.15, -0.1) is 0 Å². The number of hydrogen-bond acceptors (Lipinski definition) is 4. The van der Waals surface area contributed by atoms with Gasteiger partial charge in [-0.2, -0.15) is 8.78 Å². The maximum atomic E-state index is 12.6. The van der Waals surface area contributed by atoms with Crippen molar-refractivity contribution in [1.82, 2.24) is 14.5 Å². The zero-order chi connectivity index (χ0) is 13.5. The number of nitrogens with zero attached hydrogens (tertiary/aromatic N) is 3. The monoisotopic (exact) mass is 261 g/mol. The van der Waals surface area contributed by atoms with Crippen LogP contribution in [0.2, 0.25) is 0 Å². The fourth-order valence-electron chi connectivity index (χ4n) is 1.56. The first-order valence-corrected chi connectivity index (χ1v) is 5.59. The van der Waals surface area contributed by atoms with Crippen LogP contribution in [0.1, 0.15) is 25.2 Å². The lowest BCUT2D eigenvalue weighted by atomic mass is 10.3. The predicted molar refractivity (Wildman–Crippen MR) is 61.1 cm³/mol. The molecule has 0 N–H and O–H groups in total. The number of aromatic nitrogens is 2. The Balaban J connectivity index is 2.37. The SMILES string of the molecule is COC(=O)CCCN(C)Cc1nccn1C(F)F. The number of hydrogen-bond donors (Lipinski definition) is 0. The molecule has 102 valence electrons. The summed E-state index contributed by atoms with van der Waals surface area (Å²) in [5, 5.41) is 0. The third kappa shape index (κ3) is 4.40. The molecule has 0 atom stereocenters. The number of carbonyl (C=O) groups is 1. The van der Waals surface area contributed by atoms with Crippen molar-refractivity contribution in [3.8, 4) is 0 Å². The van der Waals surface area contributed by atoms with Crippen LogP contribution in [0.15, 0.2) is 12.4 Å². The first kappa shape index (κ1) is 14.6. The number of alkyl halides is 2. The van der Waals surface area contributed by atoms with Gasteiger partial charge in [-0.25, -0.2) is 4.98 Å².